The van der Waals surface area contributed by atoms with Crippen molar-refractivity contribution in [3.05, 3.63) is 11.9 Å². The standard InChI is InChI=1S/C14H22N4O2/c1-8(2)11-12(19)15-14(4,5)13(20)18(11)10-7-17(6)16-9(10)3/h7-8,11H,1-6H3,(H,15,19). The van der Waals surface area contributed by atoms with Crippen LogP contribution in [-0.2, 0) is 16.6 Å². The smallest absolute Gasteiger partial charge is 0.253 e. The Morgan fingerprint density at radius 2 is 1.95 bits per heavy atom. The molecule has 1 aliphatic heterocycles. The summed E-state index contributed by atoms with van der Waals surface area (Å²) in [6.07, 6.45) is 1.79. The molecular formula is C14H22N4O2. The minimum Gasteiger partial charge on any atom is -0.340 e. The van der Waals surface area contributed by atoms with Crippen molar-refractivity contribution in [2.45, 2.75) is 46.2 Å². The van der Waals surface area contributed by atoms with E-state index in [0.717, 1.165) is 5.69 Å². The first-order valence-corrected chi connectivity index (χ1v) is 6.81. The van der Waals surface area contributed by atoms with Crippen molar-refractivity contribution < 1.29 is 9.59 Å². The number of nitrogens with one attached hydrogen (secondary N) is 1. The summed E-state index contributed by atoms with van der Waals surface area (Å²) in [5.74, 6) is -0.200. The van der Waals surface area contributed by atoms with Crippen molar-refractivity contribution in [2.75, 3.05) is 4.90 Å². The maximum Gasteiger partial charge on any atom is 0.253 e. The van der Waals surface area contributed by atoms with Crippen molar-refractivity contribution in [1.82, 2.24) is 15.1 Å². The first-order valence-electron chi connectivity index (χ1n) is 6.81. The number of aryl methyl sites for hydroxylation is 2. The van der Waals surface area contributed by atoms with Gasteiger partial charge in [0.1, 0.15) is 11.6 Å². The monoisotopic (exact) mass is 278 g/mol. The van der Waals surface area contributed by atoms with E-state index in [-0.39, 0.29) is 17.7 Å². The van der Waals surface area contributed by atoms with Crippen LogP contribution in [0.5, 0.6) is 0 Å². The zero-order valence-corrected chi connectivity index (χ0v) is 12.9. The van der Waals surface area contributed by atoms with Gasteiger partial charge in [0.25, 0.3) is 5.91 Å². The SMILES string of the molecule is Cc1nn(C)cc1N1C(=O)C(C)(C)NC(=O)C1C(C)C. The first kappa shape index (κ1) is 14.6. The predicted molar refractivity (Wildman–Crippen MR) is 76.3 cm³/mol. The van der Waals surface area contributed by atoms with E-state index in [1.807, 2.05) is 20.8 Å². The van der Waals surface area contributed by atoms with Gasteiger partial charge in [0.05, 0.1) is 11.4 Å². The minimum atomic E-state index is -0.898. The van der Waals surface area contributed by atoms with Crippen LogP contribution in [0.2, 0.25) is 0 Å². The normalized spacial score (nSPS) is 22.4. The molecule has 2 heterocycles. The lowest BCUT2D eigenvalue weighted by atomic mass is 9.91. The Bertz CT molecular complexity index is 560. The maximum atomic E-state index is 12.7. The van der Waals surface area contributed by atoms with Crippen LogP contribution in [0, 0.1) is 12.8 Å². The summed E-state index contributed by atoms with van der Waals surface area (Å²) in [7, 11) is 1.81. The van der Waals surface area contributed by atoms with Gasteiger partial charge in [-0.3, -0.25) is 19.2 Å². The van der Waals surface area contributed by atoms with Crippen LogP contribution in [0.15, 0.2) is 6.20 Å². The van der Waals surface area contributed by atoms with Crippen LogP contribution in [0.3, 0.4) is 0 Å². The molecule has 1 aromatic rings. The molecular weight excluding hydrogens is 256 g/mol. The molecule has 0 saturated carbocycles. The molecule has 1 N–H and O–H groups in total. The molecule has 0 spiro atoms. The zero-order chi connectivity index (χ0) is 15.2. The largest absolute Gasteiger partial charge is 0.340 e. The topological polar surface area (TPSA) is 67.2 Å². The van der Waals surface area contributed by atoms with Crippen molar-refractivity contribution in [2.24, 2.45) is 13.0 Å². The Kier molecular flexibility index (Phi) is 3.36. The Balaban J connectivity index is 2.56. The summed E-state index contributed by atoms with van der Waals surface area (Å²) in [6.45, 7) is 9.17. The van der Waals surface area contributed by atoms with Gasteiger partial charge < -0.3 is 5.32 Å². The zero-order valence-electron chi connectivity index (χ0n) is 12.9. The van der Waals surface area contributed by atoms with Crippen LogP contribution in [0.1, 0.15) is 33.4 Å². The molecule has 1 unspecified atom stereocenters. The number of hydrogen-bond donors (Lipinski definition) is 1. The highest BCUT2D eigenvalue weighted by Gasteiger charge is 2.47. The summed E-state index contributed by atoms with van der Waals surface area (Å²) in [5, 5.41) is 7.08. The quantitative estimate of drug-likeness (QED) is 0.877. The van der Waals surface area contributed by atoms with Crippen molar-refractivity contribution in [1.29, 1.82) is 0 Å². The average molecular weight is 278 g/mol. The molecule has 6 heteroatoms. The molecule has 1 aliphatic rings. The Hall–Kier alpha value is -1.85. The number of nitrogens with zero attached hydrogens (tertiary/aromatic N) is 3. The number of rotatable bonds is 2. The number of anilines is 1. The van der Waals surface area contributed by atoms with Gasteiger partial charge in [0, 0.05) is 13.2 Å². The van der Waals surface area contributed by atoms with Crippen LogP contribution in [-0.4, -0.2) is 33.2 Å². The van der Waals surface area contributed by atoms with E-state index >= 15 is 0 Å². The number of hydrogen-bond acceptors (Lipinski definition) is 3. The van der Waals surface area contributed by atoms with Gasteiger partial charge in [-0.05, 0) is 26.7 Å². The van der Waals surface area contributed by atoms with Crippen molar-refractivity contribution in [3.8, 4) is 0 Å². The number of piperazine rings is 1. The number of amides is 2. The summed E-state index contributed by atoms with van der Waals surface area (Å²) in [6, 6.07) is -0.501. The lowest BCUT2D eigenvalue weighted by molar-refractivity contribution is -0.138. The maximum absolute atomic E-state index is 12.7. The van der Waals surface area contributed by atoms with Crippen molar-refractivity contribution in [3.63, 3.8) is 0 Å². The van der Waals surface area contributed by atoms with E-state index in [2.05, 4.69) is 10.4 Å². The molecule has 110 valence electrons. The number of aromatic nitrogens is 2. The van der Waals surface area contributed by atoms with Crippen LogP contribution >= 0.6 is 0 Å². The van der Waals surface area contributed by atoms with Crippen molar-refractivity contribution >= 4 is 17.5 Å². The molecule has 1 saturated heterocycles. The highest BCUT2D eigenvalue weighted by molar-refractivity contribution is 6.10. The van der Waals surface area contributed by atoms with E-state index in [9.17, 15) is 9.59 Å². The molecule has 0 aromatic carbocycles. The first-order chi connectivity index (χ1) is 9.15. The molecule has 2 amide bonds. The van der Waals surface area contributed by atoms with E-state index in [1.165, 1.54) is 0 Å². The molecule has 1 fully saturated rings. The lowest BCUT2D eigenvalue weighted by Crippen LogP contribution is -2.69. The van der Waals surface area contributed by atoms with Gasteiger partial charge in [0.15, 0.2) is 0 Å². The average Bonchev–Trinajstić information content (AvgIpc) is 2.61. The Morgan fingerprint density at radius 3 is 2.40 bits per heavy atom. The summed E-state index contributed by atoms with van der Waals surface area (Å²) >= 11 is 0. The second-order valence-electron chi connectivity index (χ2n) is 6.25. The number of carbonyl (C=O) groups is 2. The molecule has 20 heavy (non-hydrogen) atoms. The second-order valence-corrected chi connectivity index (χ2v) is 6.25. The molecule has 2 rings (SSSR count). The van der Waals surface area contributed by atoms with E-state index in [0.29, 0.717) is 5.69 Å². The molecule has 1 atom stereocenters. The molecule has 0 radical (unpaired) electrons. The molecule has 1 aromatic heterocycles. The fourth-order valence-electron chi connectivity index (χ4n) is 2.66. The third kappa shape index (κ3) is 2.19. The minimum absolute atomic E-state index is 0.0228. The second kappa shape index (κ2) is 4.61. The summed E-state index contributed by atoms with van der Waals surface area (Å²) in [5.41, 5.74) is 0.557. The molecule has 0 bridgehead atoms. The summed E-state index contributed by atoms with van der Waals surface area (Å²) in [4.78, 5) is 26.7. The van der Waals surface area contributed by atoms with Gasteiger partial charge >= 0.3 is 0 Å². The van der Waals surface area contributed by atoms with Gasteiger partial charge in [-0.25, -0.2) is 0 Å². The summed E-state index contributed by atoms with van der Waals surface area (Å²) < 4.78 is 1.66. The van der Waals surface area contributed by atoms with E-state index in [4.69, 9.17) is 0 Å². The van der Waals surface area contributed by atoms with Crippen LogP contribution < -0.4 is 10.2 Å². The van der Waals surface area contributed by atoms with Gasteiger partial charge in [-0.2, -0.15) is 5.10 Å². The number of carbonyl (C=O) groups excluding carboxylic acids is 2. The van der Waals surface area contributed by atoms with Crippen LogP contribution in [0.25, 0.3) is 0 Å². The van der Waals surface area contributed by atoms with Gasteiger partial charge in [-0.15, -0.1) is 0 Å². The Labute approximate surface area is 119 Å². The predicted octanol–water partition coefficient (Wildman–Crippen LogP) is 0.995. The fraction of sp³-hybridized carbons (Fsp3) is 0.643. The van der Waals surface area contributed by atoms with Crippen LogP contribution in [0.4, 0.5) is 5.69 Å². The molecule has 6 nitrogen and oxygen atoms in total. The van der Waals surface area contributed by atoms with E-state index in [1.54, 1.807) is 36.7 Å². The van der Waals surface area contributed by atoms with Gasteiger partial charge in [0.2, 0.25) is 5.91 Å². The third-order valence-corrected chi connectivity index (χ3v) is 3.61. The van der Waals surface area contributed by atoms with E-state index < -0.39 is 11.6 Å². The molecule has 0 aliphatic carbocycles. The fourth-order valence-corrected chi connectivity index (χ4v) is 2.66. The van der Waals surface area contributed by atoms with Gasteiger partial charge in [-0.1, -0.05) is 13.8 Å². The highest BCUT2D eigenvalue weighted by Crippen LogP contribution is 2.30. The Morgan fingerprint density at radius 1 is 1.35 bits per heavy atom. The lowest BCUT2D eigenvalue weighted by Gasteiger charge is -2.43. The third-order valence-electron chi connectivity index (χ3n) is 3.61. The highest BCUT2D eigenvalue weighted by atomic mass is 16.2.